The molecule has 0 radical (unpaired) electrons. The fourth-order valence-corrected chi connectivity index (χ4v) is 2.82. The van der Waals surface area contributed by atoms with Crippen molar-refractivity contribution in [3.05, 3.63) is 29.7 Å². The summed E-state index contributed by atoms with van der Waals surface area (Å²) in [5, 5.41) is 6.84. The summed E-state index contributed by atoms with van der Waals surface area (Å²) in [6.07, 6.45) is 3.80. The number of nitrogens with zero attached hydrogens (tertiary/aromatic N) is 2. The molecule has 0 fully saturated rings. The second-order valence-corrected chi connectivity index (χ2v) is 4.95. The van der Waals surface area contributed by atoms with Crippen molar-refractivity contribution in [1.29, 1.82) is 0 Å². The molecule has 0 bridgehead atoms. The number of nitrogens with one attached hydrogen (secondary N) is 1. The first-order chi connectivity index (χ1) is 6.68. The topological polar surface area (TPSA) is 29.9 Å². The fraction of sp³-hybridized carbons (Fsp3) is 0.300. The molecular weight excluding hydrogens is 194 g/mol. The zero-order valence-electron chi connectivity index (χ0n) is 8.11. The second kappa shape index (κ2) is 2.39. The molecule has 0 spiro atoms. The summed E-state index contributed by atoms with van der Waals surface area (Å²) in [5.41, 5.74) is 2.39. The van der Waals surface area contributed by atoms with Crippen molar-refractivity contribution < 1.29 is 0 Å². The van der Waals surface area contributed by atoms with E-state index in [1.54, 1.807) is 11.3 Å². The number of anilines is 1. The van der Waals surface area contributed by atoms with Crippen LogP contribution in [-0.4, -0.2) is 9.55 Å². The molecule has 4 heteroatoms. The first kappa shape index (κ1) is 8.05. The smallest absolute Gasteiger partial charge is 0.114 e. The predicted molar refractivity (Wildman–Crippen MR) is 58.1 cm³/mol. The molecule has 3 heterocycles. The van der Waals surface area contributed by atoms with Crippen LogP contribution in [0.4, 0.5) is 5.00 Å². The minimum Gasteiger partial charge on any atom is -0.365 e. The van der Waals surface area contributed by atoms with E-state index in [9.17, 15) is 0 Å². The van der Waals surface area contributed by atoms with Crippen molar-refractivity contribution in [2.45, 2.75) is 19.4 Å². The van der Waals surface area contributed by atoms with Gasteiger partial charge in [0.1, 0.15) is 5.00 Å². The Hall–Kier alpha value is -1.29. The van der Waals surface area contributed by atoms with Crippen molar-refractivity contribution in [2.75, 3.05) is 5.32 Å². The summed E-state index contributed by atoms with van der Waals surface area (Å²) in [6, 6.07) is 2.12. The van der Waals surface area contributed by atoms with Crippen molar-refractivity contribution >= 4 is 16.3 Å². The Morgan fingerprint density at radius 3 is 3.21 bits per heavy atom. The summed E-state index contributed by atoms with van der Waals surface area (Å²) < 4.78 is 2.16. The summed E-state index contributed by atoms with van der Waals surface area (Å²) in [7, 11) is 0. The molecule has 0 aromatic carbocycles. The highest BCUT2D eigenvalue weighted by Crippen LogP contribution is 2.39. The van der Waals surface area contributed by atoms with Gasteiger partial charge in [-0.25, -0.2) is 4.98 Å². The number of imidazole rings is 1. The number of hydrogen-bond donors (Lipinski definition) is 1. The number of thiophene rings is 1. The summed E-state index contributed by atoms with van der Waals surface area (Å²) >= 11 is 1.73. The molecule has 14 heavy (non-hydrogen) atoms. The van der Waals surface area contributed by atoms with Gasteiger partial charge in [-0.15, -0.1) is 11.3 Å². The standard InChI is InChI=1S/C10H11N3S/c1-10(2)8-5-11-6-13(8)7-3-4-14-9(7)12-10/h3-6,12H,1-2H3. The maximum atomic E-state index is 4.21. The van der Waals surface area contributed by atoms with E-state index in [0.29, 0.717) is 0 Å². The van der Waals surface area contributed by atoms with Crippen molar-refractivity contribution in [3.63, 3.8) is 0 Å². The molecule has 0 atom stereocenters. The normalized spacial score (nSPS) is 17.0. The Morgan fingerprint density at radius 2 is 2.36 bits per heavy atom. The highest BCUT2D eigenvalue weighted by atomic mass is 32.1. The summed E-state index contributed by atoms with van der Waals surface area (Å²) in [6.45, 7) is 4.34. The lowest BCUT2D eigenvalue weighted by molar-refractivity contribution is 0.563. The zero-order valence-corrected chi connectivity index (χ0v) is 8.93. The molecule has 0 saturated heterocycles. The van der Waals surface area contributed by atoms with Gasteiger partial charge in [-0.1, -0.05) is 0 Å². The van der Waals surface area contributed by atoms with Gasteiger partial charge >= 0.3 is 0 Å². The number of hydrogen-bond acceptors (Lipinski definition) is 3. The lowest BCUT2D eigenvalue weighted by Gasteiger charge is -2.32. The van der Waals surface area contributed by atoms with Crippen molar-refractivity contribution in [3.8, 4) is 5.69 Å². The molecule has 0 aliphatic carbocycles. The van der Waals surface area contributed by atoms with E-state index in [2.05, 4.69) is 40.2 Å². The number of fused-ring (bicyclic) bond motifs is 3. The van der Waals surface area contributed by atoms with Gasteiger partial charge in [0.15, 0.2) is 0 Å². The van der Waals surface area contributed by atoms with E-state index in [1.807, 2.05) is 12.5 Å². The molecule has 0 unspecified atom stereocenters. The van der Waals surface area contributed by atoms with Gasteiger partial charge in [-0.3, -0.25) is 4.57 Å². The monoisotopic (exact) mass is 205 g/mol. The Bertz CT molecular complexity index is 481. The summed E-state index contributed by atoms with van der Waals surface area (Å²) in [5.74, 6) is 0. The minimum absolute atomic E-state index is 0.0334. The third kappa shape index (κ3) is 0.889. The van der Waals surface area contributed by atoms with Crippen LogP contribution >= 0.6 is 11.3 Å². The Labute approximate surface area is 86.4 Å². The van der Waals surface area contributed by atoms with Gasteiger partial charge < -0.3 is 5.32 Å². The first-order valence-electron chi connectivity index (χ1n) is 4.57. The van der Waals surface area contributed by atoms with Gasteiger partial charge in [0.25, 0.3) is 0 Å². The number of aromatic nitrogens is 2. The highest BCUT2D eigenvalue weighted by molar-refractivity contribution is 7.14. The Morgan fingerprint density at radius 1 is 1.50 bits per heavy atom. The quantitative estimate of drug-likeness (QED) is 0.716. The molecule has 3 rings (SSSR count). The van der Waals surface area contributed by atoms with Crippen molar-refractivity contribution in [1.82, 2.24) is 9.55 Å². The fourth-order valence-electron chi connectivity index (χ4n) is 1.88. The maximum absolute atomic E-state index is 4.21. The Kier molecular flexibility index (Phi) is 1.37. The van der Waals surface area contributed by atoms with Crippen LogP contribution in [0.3, 0.4) is 0 Å². The van der Waals surface area contributed by atoms with Gasteiger partial charge in [-0.05, 0) is 25.3 Å². The van der Waals surface area contributed by atoms with Crippen molar-refractivity contribution in [2.24, 2.45) is 0 Å². The average Bonchev–Trinajstić information content (AvgIpc) is 2.66. The SMILES string of the molecule is CC1(C)Nc2sccc2-n2cncc21. The van der Waals surface area contributed by atoms with Crippen LogP contribution in [0.2, 0.25) is 0 Å². The minimum atomic E-state index is -0.0334. The zero-order chi connectivity index (χ0) is 9.76. The highest BCUT2D eigenvalue weighted by Gasteiger charge is 2.31. The summed E-state index contributed by atoms with van der Waals surface area (Å²) in [4.78, 5) is 4.21. The molecule has 1 aliphatic heterocycles. The lowest BCUT2D eigenvalue weighted by atomic mass is 9.99. The van der Waals surface area contributed by atoms with Crippen LogP contribution in [-0.2, 0) is 5.54 Å². The molecule has 2 aromatic rings. The lowest BCUT2D eigenvalue weighted by Crippen LogP contribution is -2.33. The Balaban J connectivity index is 2.32. The van der Waals surface area contributed by atoms with Crippen LogP contribution < -0.4 is 5.32 Å². The average molecular weight is 205 g/mol. The van der Waals surface area contributed by atoms with Crippen LogP contribution in [0, 0.1) is 0 Å². The van der Waals surface area contributed by atoms with Crippen LogP contribution in [0.1, 0.15) is 19.5 Å². The molecule has 2 aromatic heterocycles. The van der Waals surface area contributed by atoms with E-state index in [4.69, 9.17) is 0 Å². The van der Waals surface area contributed by atoms with Gasteiger partial charge in [-0.2, -0.15) is 0 Å². The van der Waals surface area contributed by atoms with E-state index in [0.717, 1.165) is 0 Å². The molecule has 3 nitrogen and oxygen atoms in total. The number of rotatable bonds is 0. The van der Waals surface area contributed by atoms with E-state index in [1.165, 1.54) is 16.4 Å². The van der Waals surface area contributed by atoms with Crippen LogP contribution in [0.5, 0.6) is 0 Å². The third-order valence-corrected chi connectivity index (χ3v) is 3.43. The van der Waals surface area contributed by atoms with E-state index < -0.39 is 0 Å². The van der Waals surface area contributed by atoms with Gasteiger partial charge in [0.05, 0.1) is 29.4 Å². The molecular formula is C10H11N3S. The van der Waals surface area contributed by atoms with E-state index in [-0.39, 0.29) is 5.54 Å². The molecule has 1 N–H and O–H groups in total. The molecule has 72 valence electrons. The molecule has 0 amide bonds. The van der Waals surface area contributed by atoms with E-state index >= 15 is 0 Å². The maximum Gasteiger partial charge on any atom is 0.114 e. The molecule has 0 saturated carbocycles. The van der Waals surface area contributed by atoms with Crippen LogP contribution in [0.15, 0.2) is 24.0 Å². The predicted octanol–water partition coefficient (Wildman–Crippen LogP) is 2.59. The molecule has 1 aliphatic rings. The first-order valence-corrected chi connectivity index (χ1v) is 5.45. The second-order valence-electron chi connectivity index (χ2n) is 4.03. The van der Waals surface area contributed by atoms with Gasteiger partial charge in [0, 0.05) is 0 Å². The van der Waals surface area contributed by atoms with Gasteiger partial charge in [0.2, 0.25) is 0 Å². The largest absolute Gasteiger partial charge is 0.365 e. The third-order valence-electron chi connectivity index (χ3n) is 2.61. The van der Waals surface area contributed by atoms with Crippen LogP contribution in [0.25, 0.3) is 5.69 Å².